The summed E-state index contributed by atoms with van der Waals surface area (Å²) in [7, 11) is 0. The summed E-state index contributed by atoms with van der Waals surface area (Å²) in [4.78, 5) is 0. The Morgan fingerprint density at radius 2 is 2.12 bits per heavy atom. The van der Waals surface area contributed by atoms with Crippen LogP contribution in [0.4, 0.5) is 8.78 Å². The van der Waals surface area contributed by atoms with Crippen molar-refractivity contribution in [1.82, 2.24) is 4.72 Å². The molecule has 16 heavy (non-hydrogen) atoms. The predicted octanol–water partition coefficient (Wildman–Crippen LogP) is 0.868. The van der Waals surface area contributed by atoms with Crippen LogP contribution in [-0.4, -0.2) is 8.76 Å². The molecule has 1 unspecified atom stereocenters. The fourth-order valence-electron chi connectivity index (χ4n) is 1.22. The van der Waals surface area contributed by atoms with Gasteiger partial charge in [-0.1, -0.05) is 0 Å². The summed E-state index contributed by atoms with van der Waals surface area (Å²) in [5, 5.41) is 0. The van der Waals surface area contributed by atoms with Crippen LogP contribution in [-0.2, 0) is 17.8 Å². The number of nitrogens with two attached hydrogens (primary N) is 1. The third-order valence-corrected chi connectivity index (χ3v) is 2.42. The summed E-state index contributed by atoms with van der Waals surface area (Å²) < 4.78 is 49.1. The summed E-state index contributed by atoms with van der Waals surface area (Å²) in [6, 6.07) is 1.30. The van der Waals surface area contributed by atoms with Gasteiger partial charge in [0.2, 0.25) is 0 Å². The molecule has 0 aromatic heterocycles. The fraction of sp³-hybridized carbons (Fsp3) is 0.333. The second-order valence-electron chi connectivity index (χ2n) is 3.31. The normalized spacial score (nSPS) is 14.8. The molecule has 0 spiro atoms. The lowest BCUT2D eigenvalue weighted by molar-refractivity contribution is 0.518. The average molecular weight is 249 g/mol. The minimum absolute atomic E-state index is 0.0597. The van der Waals surface area contributed by atoms with E-state index in [1.807, 2.05) is 4.72 Å². The zero-order valence-electron chi connectivity index (χ0n) is 8.50. The van der Waals surface area contributed by atoms with E-state index in [0.717, 1.165) is 12.1 Å². The van der Waals surface area contributed by atoms with Crippen LogP contribution in [0, 0.1) is 11.6 Å². The van der Waals surface area contributed by atoms with Crippen LogP contribution in [0.5, 0.6) is 0 Å². The Labute approximate surface area is 94.3 Å². The van der Waals surface area contributed by atoms with E-state index in [2.05, 4.69) is 0 Å². The summed E-state index contributed by atoms with van der Waals surface area (Å²) >= 11 is -2.51. The predicted molar refractivity (Wildman–Crippen MR) is 54.7 cm³/mol. The van der Waals surface area contributed by atoms with Crippen LogP contribution in [0.15, 0.2) is 12.1 Å². The molecule has 2 atom stereocenters. The highest BCUT2D eigenvalue weighted by molar-refractivity contribution is 7.77. The summed E-state index contributed by atoms with van der Waals surface area (Å²) in [6.45, 7) is 1.24. The van der Waals surface area contributed by atoms with Crippen molar-refractivity contribution >= 4 is 11.3 Å². The monoisotopic (exact) mass is 249 g/mol. The maximum atomic E-state index is 13.4. The molecule has 0 bridgehead atoms. The molecule has 0 amide bonds. The Kier molecular flexibility index (Phi) is 4.48. The largest absolute Gasteiger partial charge is 0.760 e. The summed E-state index contributed by atoms with van der Waals surface area (Å²) in [5.41, 5.74) is 5.43. The van der Waals surface area contributed by atoms with E-state index in [1.54, 1.807) is 0 Å². The highest BCUT2D eigenvalue weighted by Crippen LogP contribution is 2.19. The second kappa shape index (κ2) is 5.44. The summed E-state index contributed by atoms with van der Waals surface area (Å²) in [5.74, 6) is -1.34. The number of hydrogen-bond acceptors (Lipinski definition) is 3. The van der Waals surface area contributed by atoms with Crippen LogP contribution < -0.4 is 10.5 Å². The topological polar surface area (TPSA) is 78.2 Å². The molecule has 3 N–H and O–H groups in total. The number of benzene rings is 1. The zero-order valence-corrected chi connectivity index (χ0v) is 9.31. The number of nitrogens with one attached hydrogen (secondary N) is 1. The van der Waals surface area contributed by atoms with Gasteiger partial charge >= 0.3 is 0 Å². The van der Waals surface area contributed by atoms with Gasteiger partial charge in [0.05, 0.1) is 0 Å². The molecule has 0 saturated carbocycles. The van der Waals surface area contributed by atoms with Gasteiger partial charge in [0.25, 0.3) is 0 Å². The molecule has 7 heteroatoms. The first kappa shape index (κ1) is 13.2. The van der Waals surface area contributed by atoms with E-state index in [4.69, 9.17) is 5.73 Å². The fourth-order valence-corrected chi connectivity index (χ4v) is 1.50. The van der Waals surface area contributed by atoms with Crippen molar-refractivity contribution in [2.75, 3.05) is 0 Å². The van der Waals surface area contributed by atoms with Crippen molar-refractivity contribution in [3.05, 3.63) is 34.9 Å². The Morgan fingerprint density at radius 3 is 2.62 bits per heavy atom. The molecule has 0 aliphatic carbocycles. The van der Waals surface area contributed by atoms with E-state index in [-0.39, 0.29) is 17.7 Å². The van der Waals surface area contributed by atoms with Gasteiger partial charge in [-0.05, 0) is 19.1 Å². The molecule has 1 rings (SSSR count). The van der Waals surface area contributed by atoms with E-state index >= 15 is 0 Å². The Bertz CT molecular complexity index is 413. The first-order chi connectivity index (χ1) is 7.41. The smallest absolute Gasteiger partial charge is 0.128 e. The van der Waals surface area contributed by atoms with Crippen molar-refractivity contribution in [3.8, 4) is 0 Å². The molecular formula is C9H11F2N2O2S-. The van der Waals surface area contributed by atoms with Crippen LogP contribution in [0.2, 0.25) is 0 Å². The summed E-state index contributed by atoms with van der Waals surface area (Å²) in [6.07, 6.45) is 0. The molecule has 0 radical (unpaired) electrons. The minimum atomic E-state index is -2.51. The van der Waals surface area contributed by atoms with Crippen molar-refractivity contribution in [2.24, 2.45) is 5.73 Å². The lowest BCUT2D eigenvalue weighted by Gasteiger charge is -2.12. The second-order valence-corrected chi connectivity index (χ2v) is 4.07. The van der Waals surface area contributed by atoms with Gasteiger partial charge in [-0.25, -0.2) is 13.5 Å². The number of rotatable bonds is 4. The molecular weight excluding hydrogens is 238 g/mol. The van der Waals surface area contributed by atoms with E-state index in [0.29, 0.717) is 0 Å². The van der Waals surface area contributed by atoms with Crippen LogP contribution >= 0.6 is 0 Å². The molecule has 4 nitrogen and oxygen atoms in total. The number of hydrogen-bond donors (Lipinski definition) is 2. The average Bonchev–Trinajstić information content (AvgIpc) is 2.18. The van der Waals surface area contributed by atoms with Gasteiger partial charge in [-0.3, -0.25) is 4.21 Å². The minimum Gasteiger partial charge on any atom is -0.760 e. The van der Waals surface area contributed by atoms with Gasteiger partial charge < -0.3 is 10.3 Å². The Balaban J connectivity index is 2.96. The molecule has 0 aliphatic heterocycles. The van der Waals surface area contributed by atoms with E-state index in [9.17, 15) is 17.5 Å². The van der Waals surface area contributed by atoms with Crippen LogP contribution in [0.1, 0.15) is 24.1 Å². The lowest BCUT2D eigenvalue weighted by atomic mass is 10.1. The maximum absolute atomic E-state index is 13.4. The molecule has 1 aromatic rings. The van der Waals surface area contributed by atoms with Gasteiger partial charge in [0.15, 0.2) is 0 Å². The third-order valence-electron chi connectivity index (χ3n) is 2.04. The quantitative estimate of drug-likeness (QED) is 0.777. The SMILES string of the molecule is C[C@@H](N)c1cc(F)c(CNS(=O)[O-])cc1F. The molecule has 90 valence electrons. The Morgan fingerprint density at radius 1 is 1.50 bits per heavy atom. The zero-order chi connectivity index (χ0) is 12.3. The maximum Gasteiger partial charge on any atom is 0.128 e. The van der Waals surface area contributed by atoms with E-state index in [1.165, 1.54) is 6.92 Å². The first-order valence-electron chi connectivity index (χ1n) is 4.48. The standard InChI is InChI=1S/C9H12F2N2O2S/c1-5(12)7-3-8(10)6(2-9(7)11)4-13-16(14)15/h2-3,5,13H,4,12H2,1H3,(H,14,15)/p-1/t5-/m1/s1. The third kappa shape index (κ3) is 3.31. The van der Waals surface area contributed by atoms with Gasteiger partial charge in [0.1, 0.15) is 11.6 Å². The molecule has 0 saturated heterocycles. The Hall–Kier alpha value is -0.890. The van der Waals surface area contributed by atoms with Crippen LogP contribution in [0.3, 0.4) is 0 Å². The van der Waals surface area contributed by atoms with Crippen molar-refractivity contribution in [2.45, 2.75) is 19.5 Å². The van der Waals surface area contributed by atoms with Crippen LogP contribution in [0.25, 0.3) is 0 Å². The van der Waals surface area contributed by atoms with Gasteiger partial charge in [-0.2, -0.15) is 0 Å². The first-order valence-corrected chi connectivity index (χ1v) is 5.55. The molecule has 1 aromatic carbocycles. The molecule has 0 fully saturated rings. The molecule has 0 aliphatic rings. The number of halogens is 2. The molecule has 0 heterocycles. The van der Waals surface area contributed by atoms with Crippen molar-refractivity contribution < 1.29 is 17.5 Å². The van der Waals surface area contributed by atoms with Gasteiger partial charge in [-0.15, -0.1) is 0 Å². The highest BCUT2D eigenvalue weighted by Gasteiger charge is 2.12. The van der Waals surface area contributed by atoms with Crippen molar-refractivity contribution in [1.29, 1.82) is 0 Å². The van der Waals surface area contributed by atoms with E-state index < -0.39 is 28.9 Å². The van der Waals surface area contributed by atoms with Crippen molar-refractivity contribution in [3.63, 3.8) is 0 Å². The highest BCUT2D eigenvalue weighted by atomic mass is 32.2. The van der Waals surface area contributed by atoms with Gasteiger partial charge in [0, 0.05) is 35.0 Å². The lowest BCUT2D eigenvalue weighted by Crippen LogP contribution is -2.17.